The minimum absolute atomic E-state index is 0.0368. The standard InChI is InChI=1S/C10H13N3O2/c11-7-9-1-2-10(13-8-9)12-3-5-15-6-4-14/h1-2,8,14H,3-6H2,(H,12,13). The molecule has 0 atom stereocenters. The second-order valence-electron chi connectivity index (χ2n) is 2.81. The van der Waals surface area contributed by atoms with E-state index in [0.717, 1.165) is 0 Å². The van der Waals surface area contributed by atoms with Crippen molar-refractivity contribution >= 4 is 5.82 Å². The number of pyridine rings is 1. The van der Waals surface area contributed by atoms with Gasteiger partial charge in [-0.1, -0.05) is 0 Å². The van der Waals surface area contributed by atoms with Crippen LogP contribution in [0.2, 0.25) is 0 Å². The summed E-state index contributed by atoms with van der Waals surface area (Å²) < 4.78 is 5.06. The molecule has 0 fully saturated rings. The molecule has 80 valence electrons. The van der Waals surface area contributed by atoms with Crippen LogP contribution in [0, 0.1) is 11.3 Å². The summed E-state index contributed by atoms with van der Waals surface area (Å²) in [5, 5.41) is 20.0. The third-order valence-electron chi connectivity index (χ3n) is 1.68. The summed E-state index contributed by atoms with van der Waals surface area (Å²) in [5.41, 5.74) is 0.539. The van der Waals surface area contributed by atoms with Gasteiger partial charge in [0.2, 0.25) is 0 Å². The van der Waals surface area contributed by atoms with E-state index in [9.17, 15) is 0 Å². The van der Waals surface area contributed by atoms with Gasteiger partial charge in [-0.2, -0.15) is 5.26 Å². The lowest BCUT2D eigenvalue weighted by atomic mass is 10.3. The van der Waals surface area contributed by atoms with Crippen molar-refractivity contribution in [1.29, 1.82) is 5.26 Å². The van der Waals surface area contributed by atoms with Crippen LogP contribution in [0.4, 0.5) is 5.82 Å². The van der Waals surface area contributed by atoms with Crippen molar-refractivity contribution in [2.45, 2.75) is 0 Å². The third-order valence-corrected chi connectivity index (χ3v) is 1.68. The highest BCUT2D eigenvalue weighted by Gasteiger charge is 1.94. The number of nitrogens with zero attached hydrogens (tertiary/aromatic N) is 2. The van der Waals surface area contributed by atoms with Crippen molar-refractivity contribution in [2.24, 2.45) is 0 Å². The molecule has 0 aromatic carbocycles. The van der Waals surface area contributed by atoms with Crippen LogP contribution in [0.5, 0.6) is 0 Å². The van der Waals surface area contributed by atoms with E-state index in [0.29, 0.717) is 31.1 Å². The van der Waals surface area contributed by atoms with E-state index in [-0.39, 0.29) is 6.61 Å². The Hall–Kier alpha value is -1.64. The minimum atomic E-state index is 0.0368. The van der Waals surface area contributed by atoms with Crippen LogP contribution >= 0.6 is 0 Å². The lowest BCUT2D eigenvalue weighted by molar-refractivity contribution is 0.0992. The lowest BCUT2D eigenvalue weighted by Crippen LogP contribution is -2.11. The highest BCUT2D eigenvalue weighted by Crippen LogP contribution is 2.02. The number of rotatable bonds is 6. The summed E-state index contributed by atoms with van der Waals surface area (Å²) in [6.07, 6.45) is 1.51. The van der Waals surface area contributed by atoms with Gasteiger partial charge in [0.05, 0.1) is 25.4 Å². The van der Waals surface area contributed by atoms with Gasteiger partial charge in [-0.3, -0.25) is 0 Å². The molecule has 0 spiro atoms. The van der Waals surface area contributed by atoms with E-state index in [2.05, 4.69) is 10.3 Å². The predicted octanol–water partition coefficient (Wildman–Crippen LogP) is 0.374. The maximum atomic E-state index is 8.55. The average molecular weight is 207 g/mol. The SMILES string of the molecule is N#Cc1ccc(NCCOCCO)nc1. The van der Waals surface area contributed by atoms with Crippen LogP contribution in [0.1, 0.15) is 5.56 Å². The number of ether oxygens (including phenoxy) is 1. The summed E-state index contributed by atoms with van der Waals surface area (Å²) in [6, 6.07) is 5.43. The van der Waals surface area contributed by atoms with Gasteiger partial charge in [0.15, 0.2) is 0 Å². The molecular weight excluding hydrogens is 194 g/mol. The van der Waals surface area contributed by atoms with Crippen LogP contribution in [-0.4, -0.2) is 36.5 Å². The fourth-order valence-electron chi connectivity index (χ4n) is 0.982. The quantitative estimate of drug-likeness (QED) is 0.659. The number of nitrogens with one attached hydrogen (secondary N) is 1. The Kier molecular flexibility index (Phi) is 5.15. The van der Waals surface area contributed by atoms with Gasteiger partial charge in [-0.25, -0.2) is 4.98 Å². The maximum Gasteiger partial charge on any atom is 0.126 e. The van der Waals surface area contributed by atoms with Crippen LogP contribution in [0.15, 0.2) is 18.3 Å². The van der Waals surface area contributed by atoms with Gasteiger partial charge < -0.3 is 15.2 Å². The molecule has 0 aliphatic rings. The highest BCUT2D eigenvalue weighted by atomic mass is 16.5. The molecule has 2 N–H and O–H groups in total. The molecule has 0 bridgehead atoms. The molecule has 5 heteroatoms. The fraction of sp³-hybridized carbons (Fsp3) is 0.400. The number of aromatic nitrogens is 1. The molecule has 1 heterocycles. The number of nitriles is 1. The Bertz CT molecular complexity index is 318. The first-order valence-electron chi connectivity index (χ1n) is 4.65. The molecule has 0 radical (unpaired) electrons. The first-order valence-corrected chi connectivity index (χ1v) is 4.65. The molecule has 0 aliphatic carbocycles. The van der Waals surface area contributed by atoms with Crippen molar-refractivity contribution in [3.8, 4) is 6.07 Å². The van der Waals surface area contributed by atoms with Gasteiger partial charge in [-0.05, 0) is 12.1 Å². The largest absolute Gasteiger partial charge is 0.394 e. The zero-order valence-corrected chi connectivity index (χ0v) is 8.31. The van der Waals surface area contributed by atoms with Gasteiger partial charge in [0.1, 0.15) is 11.9 Å². The first kappa shape index (κ1) is 11.4. The predicted molar refractivity (Wildman–Crippen MR) is 55.3 cm³/mol. The molecule has 1 aromatic heterocycles. The first-order chi connectivity index (χ1) is 7.36. The Balaban J connectivity index is 2.23. The van der Waals surface area contributed by atoms with Crippen molar-refractivity contribution < 1.29 is 9.84 Å². The number of hydrogen-bond donors (Lipinski definition) is 2. The molecule has 0 aliphatic heterocycles. The van der Waals surface area contributed by atoms with Gasteiger partial charge >= 0.3 is 0 Å². The zero-order chi connectivity index (χ0) is 10.9. The van der Waals surface area contributed by atoms with Crippen molar-refractivity contribution in [3.05, 3.63) is 23.9 Å². The Morgan fingerprint density at radius 2 is 2.33 bits per heavy atom. The van der Waals surface area contributed by atoms with Crippen LogP contribution in [0.25, 0.3) is 0 Å². The van der Waals surface area contributed by atoms with Gasteiger partial charge in [0.25, 0.3) is 0 Å². The normalized spacial score (nSPS) is 9.60. The van der Waals surface area contributed by atoms with Gasteiger partial charge in [0, 0.05) is 12.7 Å². The topological polar surface area (TPSA) is 78.2 Å². The zero-order valence-electron chi connectivity index (χ0n) is 8.31. The van der Waals surface area contributed by atoms with E-state index < -0.39 is 0 Å². The summed E-state index contributed by atoms with van der Waals surface area (Å²) in [6.45, 7) is 1.53. The van der Waals surface area contributed by atoms with E-state index in [1.165, 1.54) is 6.20 Å². The molecule has 15 heavy (non-hydrogen) atoms. The Morgan fingerprint density at radius 3 is 2.93 bits per heavy atom. The number of aliphatic hydroxyl groups excluding tert-OH is 1. The molecule has 0 unspecified atom stereocenters. The minimum Gasteiger partial charge on any atom is -0.394 e. The van der Waals surface area contributed by atoms with Crippen molar-refractivity contribution in [3.63, 3.8) is 0 Å². The summed E-state index contributed by atoms with van der Waals surface area (Å²) >= 11 is 0. The lowest BCUT2D eigenvalue weighted by Gasteiger charge is -2.05. The molecule has 1 rings (SSSR count). The van der Waals surface area contributed by atoms with E-state index >= 15 is 0 Å². The second kappa shape index (κ2) is 6.76. The van der Waals surface area contributed by atoms with Crippen LogP contribution < -0.4 is 5.32 Å². The molecule has 5 nitrogen and oxygen atoms in total. The number of aliphatic hydroxyl groups is 1. The average Bonchev–Trinajstić information content (AvgIpc) is 2.30. The Labute approximate surface area is 88.3 Å². The molecule has 0 amide bonds. The Morgan fingerprint density at radius 1 is 1.47 bits per heavy atom. The van der Waals surface area contributed by atoms with E-state index in [1.807, 2.05) is 6.07 Å². The third kappa shape index (κ3) is 4.40. The second-order valence-corrected chi connectivity index (χ2v) is 2.81. The van der Waals surface area contributed by atoms with Crippen molar-refractivity contribution in [1.82, 2.24) is 4.98 Å². The molecule has 0 saturated carbocycles. The van der Waals surface area contributed by atoms with Crippen LogP contribution in [-0.2, 0) is 4.74 Å². The van der Waals surface area contributed by atoms with E-state index in [1.54, 1.807) is 12.1 Å². The summed E-state index contributed by atoms with van der Waals surface area (Å²) in [7, 11) is 0. The summed E-state index contributed by atoms with van der Waals surface area (Å²) in [4.78, 5) is 4.03. The van der Waals surface area contributed by atoms with Crippen molar-refractivity contribution in [2.75, 3.05) is 31.7 Å². The van der Waals surface area contributed by atoms with E-state index in [4.69, 9.17) is 15.1 Å². The monoisotopic (exact) mass is 207 g/mol. The molecular formula is C10H13N3O2. The molecule has 0 saturated heterocycles. The molecule has 1 aromatic rings. The maximum absolute atomic E-state index is 8.55. The van der Waals surface area contributed by atoms with Gasteiger partial charge in [-0.15, -0.1) is 0 Å². The highest BCUT2D eigenvalue weighted by molar-refractivity contribution is 5.38. The van der Waals surface area contributed by atoms with Crippen LogP contribution in [0.3, 0.4) is 0 Å². The number of anilines is 1. The fourth-order valence-corrected chi connectivity index (χ4v) is 0.982. The number of hydrogen-bond acceptors (Lipinski definition) is 5. The summed E-state index contributed by atoms with van der Waals surface area (Å²) in [5.74, 6) is 0.710. The smallest absolute Gasteiger partial charge is 0.126 e.